The number of nitrogens with one attached hydrogen (secondary N) is 2. The maximum Gasteiger partial charge on any atom is 0.416 e. The molecule has 1 aliphatic heterocycles. The lowest BCUT2D eigenvalue weighted by atomic mass is 9.96. The number of ether oxygens (including phenoxy) is 1. The van der Waals surface area contributed by atoms with Gasteiger partial charge in [0.05, 0.1) is 17.6 Å². The first-order valence-corrected chi connectivity index (χ1v) is 8.97. The molecule has 0 spiro atoms. The van der Waals surface area contributed by atoms with Crippen LogP contribution in [0.25, 0.3) is 0 Å². The van der Waals surface area contributed by atoms with E-state index in [2.05, 4.69) is 10.6 Å². The van der Waals surface area contributed by atoms with Crippen LogP contribution >= 0.6 is 0 Å². The first-order valence-electron chi connectivity index (χ1n) is 8.97. The van der Waals surface area contributed by atoms with Gasteiger partial charge in [-0.15, -0.1) is 0 Å². The Kier molecular flexibility index (Phi) is 5.99. The van der Waals surface area contributed by atoms with Crippen LogP contribution in [-0.4, -0.2) is 42.0 Å². The lowest BCUT2D eigenvalue weighted by Gasteiger charge is -2.36. The molecule has 0 aliphatic carbocycles. The molecule has 2 aromatic rings. The zero-order chi connectivity index (χ0) is 22.8. The maximum atomic E-state index is 13.5. The van der Waals surface area contributed by atoms with Gasteiger partial charge in [0.25, 0.3) is 0 Å². The molecule has 164 valence electrons. The number of nitro benzene ring substituents is 1. The molecule has 0 radical (unpaired) electrons. The van der Waals surface area contributed by atoms with E-state index >= 15 is 0 Å². The zero-order valence-corrected chi connectivity index (χ0v) is 16.1. The van der Waals surface area contributed by atoms with E-state index in [1.807, 2.05) is 0 Å². The maximum absolute atomic E-state index is 13.5. The average molecular weight is 438 g/mol. The molecule has 1 fully saturated rings. The molecule has 12 heteroatoms. The van der Waals surface area contributed by atoms with Crippen molar-refractivity contribution in [3.63, 3.8) is 0 Å². The third-order valence-electron chi connectivity index (χ3n) is 4.66. The van der Waals surface area contributed by atoms with Crippen molar-refractivity contribution in [2.75, 3.05) is 25.5 Å². The molecule has 3 amide bonds. The van der Waals surface area contributed by atoms with E-state index in [0.29, 0.717) is 0 Å². The van der Waals surface area contributed by atoms with Gasteiger partial charge in [-0.05, 0) is 23.8 Å². The van der Waals surface area contributed by atoms with Gasteiger partial charge >= 0.3 is 17.9 Å². The quantitative estimate of drug-likeness (QED) is 0.562. The fourth-order valence-electron chi connectivity index (χ4n) is 3.29. The Bertz CT molecular complexity index is 1030. The van der Waals surface area contributed by atoms with Gasteiger partial charge in [-0.25, -0.2) is 4.79 Å². The number of carbonyl (C=O) groups excluding carboxylic acids is 2. The number of alkyl halides is 3. The van der Waals surface area contributed by atoms with Crippen molar-refractivity contribution in [3.05, 3.63) is 63.7 Å². The molecule has 1 heterocycles. The van der Waals surface area contributed by atoms with Gasteiger partial charge in [0.15, 0.2) is 5.75 Å². The van der Waals surface area contributed by atoms with Crippen LogP contribution in [0.15, 0.2) is 42.5 Å². The smallest absolute Gasteiger partial charge is 0.416 e. The summed E-state index contributed by atoms with van der Waals surface area (Å²) in [7, 11) is 1.25. The minimum absolute atomic E-state index is 0.0198. The van der Waals surface area contributed by atoms with Gasteiger partial charge in [-0.1, -0.05) is 18.2 Å². The van der Waals surface area contributed by atoms with Crippen LogP contribution in [-0.2, 0) is 11.0 Å². The number of halogens is 3. The fourth-order valence-corrected chi connectivity index (χ4v) is 3.29. The van der Waals surface area contributed by atoms with Gasteiger partial charge in [0, 0.05) is 24.8 Å². The molecule has 1 aliphatic rings. The van der Waals surface area contributed by atoms with Crippen molar-refractivity contribution >= 4 is 23.3 Å². The fraction of sp³-hybridized carbons (Fsp3) is 0.263. The first kappa shape index (κ1) is 21.9. The summed E-state index contributed by atoms with van der Waals surface area (Å²) >= 11 is 0. The number of nitrogens with zero attached hydrogens (tertiary/aromatic N) is 2. The zero-order valence-electron chi connectivity index (χ0n) is 16.1. The summed E-state index contributed by atoms with van der Waals surface area (Å²) in [6.45, 7) is -0.0215. The summed E-state index contributed by atoms with van der Waals surface area (Å²) in [4.78, 5) is 36.7. The Labute approximate surface area is 173 Å². The van der Waals surface area contributed by atoms with Crippen molar-refractivity contribution in [1.29, 1.82) is 0 Å². The standard InChI is InChI=1S/C19H17F3N4O5/c1-31-15-7-6-11(10-14(15)26(29)30)24-18(28)25-9-8-23-17(27)16(25)12-4-2-3-5-13(12)19(20,21)22/h2-7,10,16H,8-9H2,1H3,(H,23,27)(H,24,28)/t16-/m1/s1. The van der Waals surface area contributed by atoms with E-state index in [4.69, 9.17) is 4.74 Å². The summed E-state index contributed by atoms with van der Waals surface area (Å²) in [5.74, 6) is -0.795. The SMILES string of the molecule is COc1ccc(NC(=O)N2CCNC(=O)[C@H]2c2ccccc2C(F)(F)F)cc1[N+](=O)[O-]. The monoisotopic (exact) mass is 438 g/mol. The van der Waals surface area contributed by atoms with Gasteiger partial charge < -0.3 is 20.3 Å². The number of carbonyl (C=O) groups is 2. The highest BCUT2D eigenvalue weighted by atomic mass is 19.4. The molecule has 2 N–H and O–H groups in total. The molecule has 1 saturated heterocycles. The molecule has 3 rings (SSSR count). The number of amides is 3. The van der Waals surface area contributed by atoms with Crippen LogP contribution in [0.3, 0.4) is 0 Å². The summed E-state index contributed by atoms with van der Waals surface area (Å²) in [6.07, 6.45) is -4.73. The summed E-state index contributed by atoms with van der Waals surface area (Å²) in [6, 6.07) is 5.76. The van der Waals surface area contributed by atoms with Crippen LogP contribution in [0.1, 0.15) is 17.2 Å². The lowest BCUT2D eigenvalue weighted by molar-refractivity contribution is -0.385. The Morgan fingerprint density at radius 2 is 2.00 bits per heavy atom. The number of hydrogen-bond donors (Lipinski definition) is 2. The van der Waals surface area contributed by atoms with Gasteiger partial charge in [-0.2, -0.15) is 13.2 Å². The van der Waals surface area contributed by atoms with E-state index in [0.717, 1.165) is 23.1 Å². The number of rotatable bonds is 4. The Morgan fingerprint density at radius 1 is 1.29 bits per heavy atom. The van der Waals surface area contributed by atoms with Crippen molar-refractivity contribution in [2.45, 2.75) is 12.2 Å². The average Bonchev–Trinajstić information content (AvgIpc) is 2.72. The molecule has 2 aromatic carbocycles. The first-order chi connectivity index (χ1) is 14.6. The molecule has 31 heavy (non-hydrogen) atoms. The summed E-state index contributed by atoms with van der Waals surface area (Å²) in [5.41, 5.74) is -1.79. The number of nitro groups is 1. The van der Waals surface area contributed by atoms with Crippen LogP contribution in [0, 0.1) is 10.1 Å². The van der Waals surface area contributed by atoms with Crippen LogP contribution < -0.4 is 15.4 Å². The van der Waals surface area contributed by atoms with Crippen LogP contribution in [0.4, 0.5) is 29.3 Å². The predicted octanol–water partition coefficient (Wildman–Crippen LogP) is 3.33. The van der Waals surface area contributed by atoms with E-state index in [9.17, 15) is 32.9 Å². The van der Waals surface area contributed by atoms with Crippen molar-refractivity contribution in [2.24, 2.45) is 0 Å². The molecule has 0 aromatic heterocycles. The Hall–Kier alpha value is -3.83. The number of methoxy groups -OCH3 is 1. The molecule has 0 unspecified atom stereocenters. The third-order valence-corrected chi connectivity index (χ3v) is 4.66. The van der Waals surface area contributed by atoms with Crippen molar-refractivity contribution < 1.29 is 32.4 Å². The number of hydrogen-bond acceptors (Lipinski definition) is 5. The highest BCUT2D eigenvalue weighted by molar-refractivity contribution is 5.95. The van der Waals surface area contributed by atoms with E-state index in [-0.39, 0.29) is 30.1 Å². The van der Waals surface area contributed by atoms with E-state index < -0.39 is 40.3 Å². The topological polar surface area (TPSA) is 114 Å². The minimum Gasteiger partial charge on any atom is -0.490 e. The van der Waals surface area contributed by atoms with Crippen LogP contribution in [0.2, 0.25) is 0 Å². The second kappa shape index (κ2) is 8.50. The number of benzene rings is 2. The largest absolute Gasteiger partial charge is 0.490 e. The normalized spacial score (nSPS) is 16.5. The van der Waals surface area contributed by atoms with Gasteiger partial charge in [-0.3, -0.25) is 14.9 Å². The highest BCUT2D eigenvalue weighted by Crippen LogP contribution is 2.37. The van der Waals surface area contributed by atoms with Crippen molar-refractivity contribution in [3.8, 4) is 5.75 Å². The minimum atomic E-state index is -4.73. The predicted molar refractivity (Wildman–Crippen MR) is 103 cm³/mol. The summed E-state index contributed by atoms with van der Waals surface area (Å²) < 4.78 is 45.3. The highest BCUT2D eigenvalue weighted by Gasteiger charge is 2.41. The molecular weight excluding hydrogens is 421 g/mol. The number of anilines is 1. The second-order valence-electron chi connectivity index (χ2n) is 6.55. The molecule has 0 saturated carbocycles. The molecule has 9 nitrogen and oxygen atoms in total. The third kappa shape index (κ3) is 4.52. The van der Waals surface area contributed by atoms with E-state index in [1.54, 1.807) is 0 Å². The van der Waals surface area contributed by atoms with Gasteiger partial charge in [0.1, 0.15) is 6.04 Å². The number of urea groups is 1. The molecule has 1 atom stereocenters. The van der Waals surface area contributed by atoms with Crippen LogP contribution in [0.5, 0.6) is 5.75 Å². The van der Waals surface area contributed by atoms with Gasteiger partial charge in [0.2, 0.25) is 5.91 Å². The molecular formula is C19H17F3N4O5. The Balaban J connectivity index is 1.94. The summed E-state index contributed by atoms with van der Waals surface area (Å²) in [5, 5.41) is 16.0. The second-order valence-corrected chi connectivity index (χ2v) is 6.55. The van der Waals surface area contributed by atoms with E-state index in [1.165, 1.54) is 31.4 Å². The Morgan fingerprint density at radius 3 is 2.65 bits per heavy atom. The molecule has 0 bridgehead atoms. The number of piperazine rings is 1. The van der Waals surface area contributed by atoms with Crippen molar-refractivity contribution in [1.82, 2.24) is 10.2 Å². The lowest BCUT2D eigenvalue weighted by Crippen LogP contribution is -2.53.